The number of Topliss-reactive ketones (excluding diaryl/α,β-unsaturated/α-hetero) is 1. The molecule has 1 aliphatic rings. The van der Waals surface area contributed by atoms with Gasteiger partial charge in [0, 0.05) is 6.42 Å². The molecular formula is C5H8BNO. The zero-order chi connectivity index (χ0) is 5.98. The van der Waals surface area contributed by atoms with Crippen molar-refractivity contribution in [1.29, 1.82) is 0 Å². The van der Waals surface area contributed by atoms with Crippen LogP contribution in [0.2, 0.25) is 0 Å². The molecule has 2 radical (unpaired) electrons. The Morgan fingerprint density at radius 3 is 2.75 bits per heavy atom. The minimum absolute atomic E-state index is 0.0463. The van der Waals surface area contributed by atoms with Crippen LogP contribution in [0.1, 0.15) is 19.3 Å². The topological polar surface area (TPSA) is 29.1 Å². The molecule has 1 aliphatic carbocycles. The fourth-order valence-corrected chi connectivity index (χ4v) is 0.992. The Morgan fingerprint density at radius 2 is 2.50 bits per heavy atom. The Balaban J connectivity index is 2.42. The molecule has 3 heteroatoms. The van der Waals surface area contributed by atoms with Crippen molar-refractivity contribution < 1.29 is 4.79 Å². The van der Waals surface area contributed by atoms with E-state index in [9.17, 15) is 4.79 Å². The van der Waals surface area contributed by atoms with Crippen molar-refractivity contribution in [2.24, 2.45) is 0 Å². The Bertz CT molecular complexity index is 105. The molecule has 42 valence electrons. The fraction of sp³-hybridized carbons (Fsp3) is 0.800. The van der Waals surface area contributed by atoms with Crippen molar-refractivity contribution in [3.05, 3.63) is 0 Å². The van der Waals surface area contributed by atoms with E-state index < -0.39 is 0 Å². The third kappa shape index (κ3) is 0.918. The summed E-state index contributed by atoms with van der Waals surface area (Å²) < 4.78 is 0. The summed E-state index contributed by atoms with van der Waals surface area (Å²) in [5, 5.41) is 2.46. The second-order valence-corrected chi connectivity index (χ2v) is 2.08. The van der Waals surface area contributed by atoms with Gasteiger partial charge in [-0.3, -0.25) is 4.79 Å². The molecule has 0 aromatic rings. The normalized spacial score (nSPS) is 29.0. The zero-order valence-corrected chi connectivity index (χ0v) is 4.68. The first kappa shape index (κ1) is 5.82. The molecule has 0 saturated heterocycles. The number of hydrogen-bond acceptors (Lipinski definition) is 2. The van der Waals surface area contributed by atoms with Crippen LogP contribution in [0.15, 0.2) is 0 Å². The van der Waals surface area contributed by atoms with Crippen molar-refractivity contribution >= 4 is 13.8 Å². The lowest BCUT2D eigenvalue weighted by atomic mass is 10.2. The molecule has 1 fully saturated rings. The molecule has 0 bridgehead atoms. The summed E-state index contributed by atoms with van der Waals surface area (Å²) in [4.78, 5) is 10.7. The van der Waals surface area contributed by atoms with Gasteiger partial charge in [-0.05, 0) is 12.8 Å². The van der Waals surface area contributed by atoms with Gasteiger partial charge in [0.1, 0.15) is 5.78 Å². The van der Waals surface area contributed by atoms with Crippen molar-refractivity contribution in [1.82, 2.24) is 5.23 Å². The summed E-state index contributed by atoms with van der Waals surface area (Å²) in [6.07, 6.45) is 2.61. The van der Waals surface area contributed by atoms with Crippen LogP contribution in [0, 0.1) is 0 Å². The number of rotatable bonds is 1. The van der Waals surface area contributed by atoms with Gasteiger partial charge >= 0.3 is 0 Å². The maximum absolute atomic E-state index is 10.7. The third-order valence-electron chi connectivity index (χ3n) is 1.51. The summed E-state index contributed by atoms with van der Waals surface area (Å²) in [6, 6.07) is -0.0463. The molecule has 0 heterocycles. The van der Waals surface area contributed by atoms with E-state index in [1.165, 1.54) is 0 Å². The van der Waals surface area contributed by atoms with E-state index in [0.717, 1.165) is 12.8 Å². The van der Waals surface area contributed by atoms with Gasteiger partial charge in [0.25, 0.3) is 0 Å². The van der Waals surface area contributed by atoms with Crippen molar-refractivity contribution in [2.75, 3.05) is 0 Å². The Morgan fingerprint density at radius 1 is 1.75 bits per heavy atom. The lowest BCUT2D eigenvalue weighted by Gasteiger charge is -2.02. The summed E-state index contributed by atoms with van der Waals surface area (Å²) in [6.45, 7) is 0. The first-order valence-corrected chi connectivity index (χ1v) is 2.83. The molecule has 1 unspecified atom stereocenters. The summed E-state index contributed by atoms with van der Waals surface area (Å²) >= 11 is 0. The summed E-state index contributed by atoms with van der Waals surface area (Å²) in [7, 11) is 5.05. The van der Waals surface area contributed by atoms with E-state index in [1.807, 2.05) is 0 Å². The molecule has 1 saturated carbocycles. The number of ketones is 1. The van der Waals surface area contributed by atoms with Gasteiger partial charge in [0.2, 0.25) is 0 Å². The fourth-order valence-electron chi connectivity index (χ4n) is 0.992. The van der Waals surface area contributed by atoms with Crippen LogP contribution >= 0.6 is 0 Å². The molecule has 0 aliphatic heterocycles. The van der Waals surface area contributed by atoms with Crippen LogP contribution < -0.4 is 5.23 Å². The third-order valence-corrected chi connectivity index (χ3v) is 1.51. The van der Waals surface area contributed by atoms with Crippen LogP contribution in [0.5, 0.6) is 0 Å². The first-order valence-electron chi connectivity index (χ1n) is 2.83. The Hall–Kier alpha value is -0.305. The molecule has 0 amide bonds. The minimum atomic E-state index is -0.0463. The van der Waals surface area contributed by atoms with Crippen molar-refractivity contribution in [3.8, 4) is 0 Å². The van der Waals surface area contributed by atoms with E-state index in [0.29, 0.717) is 6.42 Å². The first-order chi connectivity index (χ1) is 3.84. The van der Waals surface area contributed by atoms with Gasteiger partial charge in [-0.15, -0.1) is 0 Å². The highest BCUT2D eigenvalue weighted by atomic mass is 16.1. The van der Waals surface area contributed by atoms with Gasteiger partial charge in [0.15, 0.2) is 7.98 Å². The minimum Gasteiger partial charge on any atom is -0.358 e. The van der Waals surface area contributed by atoms with E-state index in [-0.39, 0.29) is 11.8 Å². The molecule has 0 aromatic carbocycles. The lowest BCUT2D eigenvalue weighted by Crippen LogP contribution is -2.29. The predicted molar refractivity (Wildman–Crippen MR) is 31.5 cm³/mol. The summed E-state index contributed by atoms with van der Waals surface area (Å²) in [5.41, 5.74) is 0. The van der Waals surface area contributed by atoms with Crippen LogP contribution in [0.3, 0.4) is 0 Å². The number of carbonyl (C=O) groups excluding carboxylic acids is 1. The highest BCUT2D eigenvalue weighted by Gasteiger charge is 2.21. The Labute approximate surface area is 50.1 Å². The van der Waals surface area contributed by atoms with E-state index in [4.69, 9.17) is 7.98 Å². The monoisotopic (exact) mass is 109 g/mol. The highest BCUT2D eigenvalue weighted by molar-refractivity contribution is 6.07. The number of carbonyl (C=O) groups is 1. The second kappa shape index (κ2) is 2.31. The molecule has 2 nitrogen and oxygen atoms in total. The number of hydrogen-bond donors (Lipinski definition) is 1. The standard InChI is InChI=1S/C5H8BNO/c6-7-4-2-1-3-5(4)8/h4,7H,1-3H2. The van der Waals surface area contributed by atoms with Gasteiger partial charge in [0.05, 0.1) is 6.04 Å². The lowest BCUT2D eigenvalue weighted by molar-refractivity contribution is -0.118. The predicted octanol–water partition coefficient (Wildman–Crippen LogP) is -0.219. The largest absolute Gasteiger partial charge is 0.358 e. The average Bonchev–Trinajstić information content (AvgIpc) is 2.14. The van der Waals surface area contributed by atoms with Crippen LogP contribution in [-0.4, -0.2) is 19.8 Å². The molecule has 1 N–H and O–H groups in total. The molecular weight excluding hydrogens is 101 g/mol. The maximum Gasteiger partial charge on any atom is 0.178 e. The Kier molecular flexibility index (Phi) is 1.68. The van der Waals surface area contributed by atoms with E-state index >= 15 is 0 Å². The molecule has 1 atom stereocenters. The SMILES string of the molecule is [B]NC1CCCC1=O. The van der Waals surface area contributed by atoms with E-state index in [1.54, 1.807) is 0 Å². The van der Waals surface area contributed by atoms with Gasteiger partial charge in [-0.1, -0.05) is 0 Å². The molecule has 8 heavy (non-hydrogen) atoms. The quantitative estimate of drug-likeness (QED) is 0.471. The summed E-state index contributed by atoms with van der Waals surface area (Å²) in [5.74, 6) is 0.257. The van der Waals surface area contributed by atoms with Gasteiger partial charge in [-0.2, -0.15) is 0 Å². The zero-order valence-electron chi connectivity index (χ0n) is 4.68. The van der Waals surface area contributed by atoms with Crippen molar-refractivity contribution in [3.63, 3.8) is 0 Å². The van der Waals surface area contributed by atoms with Crippen molar-refractivity contribution in [2.45, 2.75) is 25.3 Å². The van der Waals surface area contributed by atoms with Crippen LogP contribution in [-0.2, 0) is 4.79 Å². The van der Waals surface area contributed by atoms with Crippen LogP contribution in [0.4, 0.5) is 0 Å². The van der Waals surface area contributed by atoms with Gasteiger partial charge in [-0.25, -0.2) is 0 Å². The number of nitrogens with one attached hydrogen (secondary N) is 1. The molecule has 1 rings (SSSR count). The smallest absolute Gasteiger partial charge is 0.178 e. The average molecular weight is 109 g/mol. The highest BCUT2D eigenvalue weighted by Crippen LogP contribution is 2.12. The van der Waals surface area contributed by atoms with Crippen LogP contribution in [0.25, 0.3) is 0 Å². The second-order valence-electron chi connectivity index (χ2n) is 2.08. The molecule has 0 spiro atoms. The van der Waals surface area contributed by atoms with E-state index in [2.05, 4.69) is 5.23 Å². The maximum atomic E-state index is 10.7. The molecule has 0 aromatic heterocycles. The van der Waals surface area contributed by atoms with Gasteiger partial charge < -0.3 is 5.23 Å².